The molecule has 2 atom stereocenters. The molecular formula is C16H20N2O4. The van der Waals surface area contributed by atoms with Crippen LogP contribution in [0.3, 0.4) is 0 Å². The molecule has 0 N–H and O–H groups in total. The molecule has 0 radical (unpaired) electrons. The molecule has 0 aliphatic carbocycles. The average Bonchev–Trinajstić information content (AvgIpc) is 3.06. The fourth-order valence-corrected chi connectivity index (χ4v) is 2.85. The summed E-state index contributed by atoms with van der Waals surface area (Å²) in [5.41, 5.74) is 0.991. The monoisotopic (exact) mass is 304 g/mol. The zero-order valence-electron chi connectivity index (χ0n) is 12.6. The number of hydrogen-bond donors (Lipinski definition) is 0. The van der Waals surface area contributed by atoms with Gasteiger partial charge in [0.1, 0.15) is 12.6 Å². The lowest BCUT2D eigenvalue weighted by Crippen LogP contribution is -2.59. The predicted octanol–water partition coefficient (Wildman–Crippen LogP) is 0.966. The van der Waals surface area contributed by atoms with Crippen molar-refractivity contribution in [3.05, 3.63) is 35.9 Å². The molecular weight excluding hydrogens is 284 g/mol. The Morgan fingerprint density at radius 2 is 2.09 bits per heavy atom. The van der Waals surface area contributed by atoms with Gasteiger partial charge in [0.2, 0.25) is 5.91 Å². The highest BCUT2D eigenvalue weighted by Crippen LogP contribution is 2.21. The smallest absolute Gasteiger partial charge is 0.271 e. The molecule has 2 amide bonds. The highest BCUT2D eigenvalue weighted by atomic mass is 16.7. The quantitative estimate of drug-likeness (QED) is 0.835. The number of hydrogen-bond acceptors (Lipinski definition) is 4. The highest BCUT2D eigenvalue weighted by molar-refractivity contribution is 5.89. The van der Waals surface area contributed by atoms with E-state index in [4.69, 9.17) is 9.57 Å². The lowest BCUT2D eigenvalue weighted by Gasteiger charge is -2.39. The van der Waals surface area contributed by atoms with Gasteiger partial charge in [0.15, 0.2) is 0 Å². The minimum Gasteiger partial charge on any atom is -0.366 e. The molecule has 118 valence electrons. The number of carbonyl (C=O) groups is 2. The fourth-order valence-electron chi connectivity index (χ4n) is 2.85. The standard InChI is InChI=1S/C16H20N2O4/c1-12-15(16(20)18-8-5-9-22-18)17(14(19)11-21-12)10-13-6-3-2-4-7-13/h2-4,6-7,12,15H,5,8-11H2,1H3/t12-,15+/m1/s1. The molecule has 22 heavy (non-hydrogen) atoms. The Bertz CT molecular complexity index is 542. The first-order valence-electron chi connectivity index (χ1n) is 7.56. The third kappa shape index (κ3) is 2.98. The van der Waals surface area contributed by atoms with E-state index in [0.717, 1.165) is 12.0 Å². The van der Waals surface area contributed by atoms with Crippen LogP contribution < -0.4 is 0 Å². The second kappa shape index (κ2) is 6.46. The lowest BCUT2D eigenvalue weighted by atomic mass is 10.1. The maximum absolute atomic E-state index is 12.7. The van der Waals surface area contributed by atoms with Crippen LogP contribution in [0.2, 0.25) is 0 Å². The van der Waals surface area contributed by atoms with E-state index in [0.29, 0.717) is 19.7 Å². The number of ether oxygens (including phenoxy) is 1. The summed E-state index contributed by atoms with van der Waals surface area (Å²) < 4.78 is 5.46. The number of amides is 2. The summed E-state index contributed by atoms with van der Waals surface area (Å²) in [5.74, 6) is -0.367. The molecule has 6 nitrogen and oxygen atoms in total. The van der Waals surface area contributed by atoms with Gasteiger partial charge in [0, 0.05) is 6.54 Å². The third-order valence-electron chi connectivity index (χ3n) is 4.02. The molecule has 2 saturated heterocycles. The summed E-state index contributed by atoms with van der Waals surface area (Å²) >= 11 is 0. The number of hydroxylamine groups is 2. The van der Waals surface area contributed by atoms with E-state index in [1.165, 1.54) is 5.06 Å². The molecule has 2 aliphatic heterocycles. The zero-order chi connectivity index (χ0) is 15.5. The third-order valence-corrected chi connectivity index (χ3v) is 4.02. The molecule has 3 rings (SSSR count). The summed E-state index contributed by atoms with van der Waals surface area (Å²) in [5, 5.41) is 1.36. The molecule has 0 spiro atoms. The Morgan fingerprint density at radius 3 is 2.77 bits per heavy atom. The van der Waals surface area contributed by atoms with Gasteiger partial charge in [-0.15, -0.1) is 0 Å². The van der Waals surface area contributed by atoms with Gasteiger partial charge in [-0.1, -0.05) is 30.3 Å². The maximum atomic E-state index is 12.7. The van der Waals surface area contributed by atoms with Crippen molar-refractivity contribution >= 4 is 11.8 Å². The largest absolute Gasteiger partial charge is 0.366 e. The van der Waals surface area contributed by atoms with Crippen molar-refractivity contribution in [2.75, 3.05) is 19.8 Å². The van der Waals surface area contributed by atoms with Gasteiger partial charge >= 0.3 is 0 Å². The van der Waals surface area contributed by atoms with Crippen LogP contribution in [0.4, 0.5) is 0 Å². The second-order valence-corrected chi connectivity index (χ2v) is 5.60. The average molecular weight is 304 g/mol. The molecule has 1 aromatic carbocycles. The van der Waals surface area contributed by atoms with Gasteiger partial charge in [0.25, 0.3) is 5.91 Å². The molecule has 0 saturated carbocycles. The molecule has 6 heteroatoms. The molecule has 2 aliphatic rings. The van der Waals surface area contributed by atoms with Crippen LogP contribution in [0, 0.1) is 0 Å². The Morgan fingerprint density at radius 1 is 1.32 bits per heavy atom. The van der Waals surface area contributed by atoms with Crippen LogP contribution in [0.1, 0.15) is 18.9 Å². The van der Waals surface area contributed by atoms with Gasteiger partial charge in [0.05, 0.1) is 19.3 Å². The molecule has 0 aromatic heterocycles. The highest BCUT2D eigenvalue weighted by Gasteiger charge is 2.42. The number of benzene rings is 1. The summed E-state index contributed by atoms with van der Waals surface area (Å²) in [4.78, 5) is 31.9. The van der Waals surface area contributed by atoms with Gasteiger partial charge in [-0.3, -0.25) is 14.4 Å². The zero-order valence-corrected chi connectivity index (χ0v) is 12.6. The van der Waals surface area contributed by atoms with Crippen molar-refractivity contribution in [3.63, 3.8) is 0 Å². The SMILES string of the molecule is C[C@H]1OCC(=O)N(Cc2ccccc2)[C@@H]1C(=O)N1CCCO1. The first kappa shape index (κ1) is 15.0. The van der Waals surface area contributed by atoms with Crippen molar-refractivity contribution in [1.29, 1.82) is 0 Å². The summed E-state index contributed by atoms with van der Waals surface area (Å²) in [6, 6.07) is 9.02. The minimum atomic E-state index is -0.639. The summed E-state index contributed by atoms with van der Waals surface area (Å²) in [6.45, 7) is 3.34. The van der Waals surface area contributed by atoms with E-state index < -0.39 is 6.04 Å². The molecule has 2 heterocycles. The number of carbonyl (C=O) groups excluding carboxylic acids is 2. The van der Waals surface area contributed by atoms with Crippen molar-refractivity contribution in [1.82, 2.24) is 9.96 Å². The molecule has 2 fully saturated rings. The Kier molecular flexibility index (Phi) is 4.40. The maximum Gasteiger partial charge on any atom is 0.271 e. The second-order valence-electron chi connectivity index (χ2n) is 5.60. The van der Waals surface area contributed by atoms with E-state index in [1.807, 2.05) is 37.3 Å². The van der Waals surface area contributed by atoms with Gasteiger partial charge < -0.3 is 9.64 Å². The van der Waals surface area contributed by atoms with Crippen LogP contribution >= 0.6 is 0 Å². The molecule has 0 bridgehead atoms. The Balaban J connectivity index is 1.82. The van der Waals surface area contributed by atoms with Crippen molar-refractivity contribution in [2.24, 2.45) is 0 Å². The summed E-state index contributed by atoms with van der Waals surface area (Å²) in [7, 11) is 0. The number of nitrogens with zero attached hydrogens (tertiary/aromatic N) is 2. The first-order valence-corrected chi connectivity index (χ1v) is 7.56. The van der Waals surface area contributed by atoms with Crippen molar-refractivity contribution < 1.29 is 19.2 Å². The number of rotatable bonds is 3. The predicted molar refractivity (Wildman–Crippen MR) is 78.5 cm³/mol. The van der Waals surface area contributed by atoms with E-state index in [9.17, 15) is 9.59 Å². The van der Waals surface area contributed by atoms with Crippen molar-refractivity contribution in [3.8, 4) is 0 Å². The van der Waals surface area contributed by atoms with Crippen LogP contribution in [0.15, 0.2) is 30.3 Å². The van der Waals surface area contributed by atoms with Gasteiger partial charge in [-0.2, -0.15) is 0 Å². The minimum absolute atomic E-state index is 0.0125. The molecule has 1 aromatic rings. The van der Waals surface area contributed by atoms with Crippen molar-refractivity contribution in [2.45, 2.75) is 32.0 Å². The van der Waals surface area contributed by atoms with Crippen LogP contribution in [0.5, 0.6) is 0 Å². The van der Waals surface area contributed by atoms with Crippen LogP contribution in [-0.2, 0) is 25.7 Å². The summed E-state index contributed by atoms with van der Waals surface area (Å²) in [6.07, 6.45) is 0.471. The lowest BCUT2D eigenvalue weighted by molar-refractivity contribution is -0.189. The van der Waals surface area contributed by atoms with E-state index in [1.54, 1.807) is 4.90 Å². The molecule has 0 unspecified atom stereocenters. The Labute approximate surface area is 129 Å². The van der Waals surface area contributed by atoms with Gasteiger partial charge in [-0.25, -0.2) is 5.06 Å². The van der Waals surface area contributed by atoms with Gasteiger partial charge in [-0.05, 0) is 18.9 Å². The first-order chi connectivity index (χ1) is 10.7. The van der Waals surface area contributed by atoms with Crippen LogP contribution in [0.25, 0.3) is 0 Å². The van der Waals surface area contributed by atoms with E-state index in [-0.39, 0.29) is 24.5 Å². The topological polar surface area (TPSA) is 59.1 Å². The van der Waals surface area contributed by atoms with E-state index >= 15 is 0 Å². The Hall–Kier alpha value is -1.92. The van der Waals surface area contributed by atoms with Crippen LogP contribution in [-0.4, -0.2) is 53.7 Å². The number of morpholine rings is 1. The normalized spacial score (nSPS) is 25.6. The van der Waals surface area contributed by atoms with E-state index in [2.05, 4.69) is 0 Å². The fraction of sp³-hybridized carbons (Fsp3) is 0.500.